The Morgan fingerprint density at radius 1 is 1.83 bits per heavy atom. The topological polar surface area (TPSA) is 26.0 Å². The second kappa shape index (κ2) is 4.15. The van der Waals surface area contributed by atoms with Gasteiger partial charge in [-0.2, -0.15) is 0 Å². The molecule has 0 saturated carbocycles. The van der Waals surface area contributed by atoms with Crippen LogP contribution in [0.3, 0.4) is 0 Å². The van der Waals surface area contributed by atoms with E-state index in [4.69, 9.17) is 17.3 Å². The maximum Gasteiger partial charge on any atom is 0.0547 e. The standard InChI is InChI=1S/C3H7ClIN/c4-3(1-5)2-6/h3H,1-2,6H2. The molecule has 1 atom stereocenters. The first-order valence-electron chi connectivity index (χ1n) is 1.71. The molecule has 38 valence electrons. The summed E-state index contributed by atoms with van der Waals surface area (Å²) in [5, 5.41) is 0.172. The minimum atomic E-state index is 0.172. The van der Waals surface area contributed by atoms with Crippen LogP contribution in [0.15, 0.2) is 0 Å². The molecule has 0 aliphatic rings. The first-order valence-corrected chi connectivity index (χ1v) is 3.67. The van der Waals surface area contributed by atoms with Crippen LogP contribution in [0.4, 0.5) is 0 Å². The van der Waals surface area contributed by atoms with Crippen LogP contribution in [-0.4, -0.2) is 16.3 Å². The first kappa shape index (κ1) is 6.98. The van der Waals surface area contributed by atoms with Crippen molar-refractivity contribution in [3.63, 3.8) is 0 Å². The van der Waals surface area contributed by atoms with Gasteiger partial charge >= 0.3 is 0 Å². The van der Waals surface area contributed by atoms with Crippen LogP contribution >= 0.6 is 34.2 Å². The number of hydrogen-bond acceptors (Lipinski definition) is 1. The number of halogens is 2. The van der Waals surface area contributed by atoms with Crippen molar-refractivity contribution >= 4 is 34.2 Å². The normalized spacial score (nSPS) is 14.5. The fourth-order valence-electron chi connectivity index (χ4n) is 0.0630. The summed E-state index contributed by atoms with van der Waals surface area (Å²) in [4.78, 5) is 0. The van der Waals surface area contributed by atoms with Crippen LogP contribution in [-0.2, 0) is 0 Å². The fourth-order valence-corrected chi connectivity index (χ4v) is 0.423. The van der Waals surface area contributed by atoms with E-state index in [-0.39, 0.29) is 5.38 Å². The summed E-state index contributed by atoms with van der Waals surface area (Å²) in [6.45, 7) is 0.588. The molecule has 1 nitrogen and oxygen atoms in total. The third kappa shape index (κ3) is 3.18. The molecule has 0 radical (unpaired) electrons. The van der Waals surface area contributed by atoms with E-state index in [1.165, 1.54) is 0 Å². The molecule has 2 N–H and O–H groups in total. The van der Waals surface area contributed by atoms with Crippen LogP contribution in [0.25, 0.3) is 0 Å². The molecule has 0 aliphatic heterocycles. The van der Waals surface area contributed by atoms with E-state index in [0.717, 1.165) is 4.43 Å². The Labute approximate surface area is 56.4 Å². The van der Waals surface area contributed by atoms with Crippen molar-refractivity contribution in [2.75, 3.05) is 11.0 Å². The molecule has 6 heavy (non-hydrogen) atoms. The molecule has 0 aromatic rings. The van der Waals surface area contributed by atoms with Gasteiger partial charge in [-0.1, -0.05) is 22.6 Å². The quantitative estimate of drug-likeness (QED) is 0.544. The van der Waals surface area contributed by atoms with Gasteiger partial charge < -0.3 is 5.73 Å². The van der Waals surface area contributed by atoms with Gasteiger partial charge in [-0.15, -0.1) is 11.6 Å². The predicted molar refractivity (Wildman–Crippen MR) is 37.6 cm³/mol. The molecule has 0 fully saturated rings. The first-order chi connectivity index (χ1) is 2.81. The third-order valence-electron chi connectivity index (χ3n) is 0.423. The summed E-state index contributed by atoms with van der Waals surface area (Å²) < 4.78 is 0.940. The van der Waals surface area contributed by atoms with E-state index < -0.39 is 0 Å². The highest BCUT2D eigenvalue weighted by molar-refractivity contribution is 14.1. The summed E-state index contributed by atoms with van der Waals surface area (Å²) in [6, 6.07) is 0. The van der Waals surface area contributed by atoms with Gasteiger partial charge in [0.15, 0.2) is 0 Å². The van der Waals surface area contributed by atoms with Crippen molar-refractivity contribution in [1.82, 2.24) is 0 Å². The van der Waals surface area contributed by atoms with E-state index in [9.17, 15) is 0 Å². The lowest BCUT2D eigenvalue weighted by Gasteiger charge is -1.94. The molecule has 0 saturated heterocycles. The highest BCUT2D eigenvalue weighted by Gasteiger charge is 1.93. The molecular formula is C3H7ClIN. The van der Waals surface area contributed by atoms with Gasteiger partial charge in [0.1, 0.15) is 0 Å². The zero-order valence-corrected chi connectivity index (χ0v) is 6.24. The highest BCUT2D eigenvalue weighted by atomic mass is 127. The Morgan fingerprint density at radius 2 is 2.33 bits per heavy atom. The molecule has 1 unspecified atom stereocenters. The summed E-state index contributed by atoms with van der Waals surface area (Å²) in [5.74, 6) is 0. The molecule has 0 heterocycles. The largest absolute Gasteiger partial charge is 0.329 e. The molecule has 0 aromatic heterocycles. The van der Waals surface area contributed by atoms with Crippen molar-refractivity contribution in [2.45, 2.75) is 5.38 Å². The van der Waals surface area contributed by atoms with Crippen LogP contribution in [0.1, 0.15) is 0 Å². The fraction of sp³-hybridized carbons (Fsp3) is 1.00. The summed E-state index contributed by atoms with van der Waals surface area (Å²) in [6.07, 6.45) is 0. The molecule has 0 amide bonds. The lowest BCUT2D eigenvalue weighted by Crippen LogP contribution is -2.14. The molecule has 0 spiro atoms. The number of nitrogens with two attached hydrogens (primary N) is 1. The minimum Gasteiger partial charge on any atom is -0.329 e. The summed E-state index contributed by atoms with van der Waals surface area (Å²) >= 11 is 7.72. The van der Waals surface area contributed by atoms with Crippen molar-refractivity contribution < 1.29 is 0 Å². The maximum absolute atomic E-state index is 5.52. The van der Waals surface area contributed by atoms with Crippen LogP contribution in [0, 0.1) is 0 Å². The van der Waals surface area contributed by atoms with Gasteiger partial charge in [0, 0.05) is 11.0 Å². The van der Waals surface area contributed by atoms with Gasteiger partial charge in [0.25, 0.3) is 0 Å². The van der Waals surface area contributed by atoms with Gasteiger partial charge in [0.2, 0.25) is 0 Å². The summed E-state index contributed by atoms with van der Waals surface area (Å²) in [5.41, 5.74) is 5.15. The molecule has 0 bridgehead atoms. The monoisotopic (exact) mass is 219 g/mol. The van der Waals surface area contributed by atoms with Crippen molar-refractivity contribution in [3.05, 3.63) is 0 Å². The maximum atomic E-state index is 5.52. The zero-order valence-electron chi connectivity index (χ0n) is 3.32. The second-order valence-corrected chi connectivity index (χ2v) is 2.49. The number of alkyl halides is 2. The van der Waals surface area contributed by atoms with E-state index in [0.29, 0.717) is 6.54 Å². The minimum absolute atomic E-state index is 0.172. The van der Waals surface area contributed by atoms with Gasteiger partial charge in [0.05, 0.1) is 5.38 Å². The van der Waals surface area contributed by atoms with E-state index in [2.05, 4.69) is 22.6 Å². The molecule has 0 aliphatic carbocycles. The predicted octanol–water partition coefficient (Wildman–Crippen LogP) is 0.988. The van der Waals surface area contributed by atoms with Crippen molar-refractivity contribution in [2.24, 2.45) is 5.73 Å². The Balaban J connectivity index is 2.75. The SMILES string of the molecule is NCC(Cl)CI. The lowest BCUT2D eigenvalue weighted by molar-refractivity contribution is 0.964. The molecule has 3 heteroatoms. The van der Waals surface area contributed by atoms with Gasteiger partial charge in [-0.05, 0) is 0 Å². The lowest BCUT2D eigenvalue weighted by atomic mass is 10.5. The van der Waals surface area contributed by atoms with Crippen molar-refractivity contribution in [1.29, 1.82) is 0 Å². The van der Waals surface area contributed by atoms with Crippen LogP contribution in [0.2, 0.25) is 0 Å². The summed E-state index contributed by atoms with van der Waals surface area (Å²) in [7, 11) is 0. The van der Waals surface area contributed by atoms with Crippen LogP contribution < -0.4 is 5.73 Å². The van der Waals surface area contributed by atoms with E-state index in [1.807, 2.05) is 0 Å². The Kier molecular flexibility index (Phi) is 4.82. The molecule has 0 aromatic carbocycles. The molecule has 0 rings (SSSR count). The average molecular weight is 219 g/mol. The zero-order chi connectivity index (χ0) is 4.99. The smallest absolute Gasteiger partial charge is 0.0547 e. The second-order valence-electron chi connectivity index (χ2n) is 0.987. The van der Waals surface area contributed by atoms with E-state index in [1.54, 1.807) is 0 Å². The number of hydrogen-bond donors (Lipinski definition) is 1. The van der Waals surface area contributed by atoms with Crippen LogP contribution in [0.5, 0.6) is 0 Å². The van der Waals surface area contributed by atoms with Gasteiger partial charge in [-0.25, -0.2) is 0 Å². The highest BCUT2D eigenvalue weighted by Crippen LogP contribution is 1.96. The Morgan fingerprint density at radius 3 is 2.33 bits per heavy atom. The number of rotatable bonds is 2. The average Bonchev–Trinajstić information content (AvgIpc) is 1.65. The Bertz CT molecular complexity index is 30.0. The van der Waals surface area contributed by atoms with Crippen molar-refractivity contribution in [3.8, 4) is 0 Å². The third-order valence-corrected chi connectivity index (χ3v) is 2.34. The molecular weight excluding hydrogens is 212 g/mol. The Hall–Kier alpha value is 0.980. The van der Waals surface area contributed by atoms with Gasteiger partial charge in [-0.3, -0.25) is 0 Å². The van der Waals surface area contributed by atoms with E-state index >= 15 is 0 Å².